The van der Waals surface area contributed by atoms with Gasteiger partial charge in [0.1, 0.15) is 23.3 Å². The van der Waals surface area contributed by atoms with Gasteiger partial charge in [-0.1, -0.05) is 0 Å². The molecule has 0 aromatic heterocycles. The topological polar surface area (TPSA) is 131 Å². The Hall–Kier alpha value is -2.52. The summed E-state index contributed by atoms with van der Waals surface area (Å²) in [6.07, 6.45) is 2.93. The summed E-state index contributed by atoms with van der Waals surface area (Å²) in [5.74, 6) is -1.06. The van der Waals surface area contributed by atoms with E-state index >= 15 is 0 Å². The molecule has 4 atom stereocenters. The van der Waals surface area contributed by atoms with Crippen molar-refractivity contribution in [2.75, 3.05) is 6.54 Å². The lowest BCUT2D eigenvalue weighted by Gasteiger charge is -2.42. The van der Waals surface area contributed by atoms with E-state index in [4.69, 9.17) is 15.2 Å². The van der Waals surface area contributed by atoms with Crippen LogP contribution in [0, 0.1) is 5.92 Å². The van der Waals surface area contributed by atoms with Gasteiger partial charge in [0, 0.05) is 18.6 Å². The predicted molar refractivity (Wildman–Crippen MR) is 125 cm³/mol. The average Bonchev–Trinajstić information content (AvgIpc) is 3.26. The standard InChI is InChI=1S/C24H40N4O6/c1-23(2,3)33-21(31)26-18(20(30)27-11-7-8-17(27)19(25)29)14-12-15-9-10-16(13-14)28(15)22(32)34-24(4,5)6/h14-18H,7-13H2,1-6H3,(H2,25,29)(H,26,31)/t14?,15?,16?,17-,18-/m0/s1. The number of fused-ring (bicyclic) bond motifs is 2. The molecular formula is C24H40N4O6. The van der Waals surface area contributed by atoms with Crippen molar-refractivity contribution in [3.63, 3.8) is 0 Å². The number of hydrogen-bond donors (Lipinski definition) is 2. The number of carbonyl (C=O) groups excluding carboxylic acids is 4. The van der Waals surface area contributed by atoms with Crippen molar-refractivity contribution < 1.29 is 28.7 Å². The highest BCUT2D eigenvalue weighted by Crippen LogP contribution is 2.41. The second-order valence-corrected chi connectivity index (χ2v) is 11.7. The number of nitrogens with two attached hydrogens (primary N) is 1. The molecule has 3 saturated heterocycles. The number of nitrogens with one attached hydrogen (secondary N) is 1. The highest BCUT2D eigenvalue weighted by Gasteiger charge is 2.49. The quantitative estimate of drug-likeness (QED) is 0.636. The molecule has 10 heteroatoms. The van der Waals surface area contributed by atoms with E-state index in [2.05, 4.69) is 5.32 Å². The smallest absolute Gasteiger partial charge is 0.410 e. The van der Waals surface area contributed by atoms with E-state index in [0.717, 1.165) is 12.8 Å². The molecule has 0 aromatic rings. The summed E-state index contributed by atoms with van der Waals surface area (Å²) in [7, 11) is 0. The monoisotopic (exact) mass is 480 g/mol. The van der Waals surface area contributed by atoms with Crippen LogP contribution in [-0.4, -0.2) is 75.7 Å². The Labute approximate surface area is 201 Å². The van der Waals surface area contributed by atoms with Gasteiger partial charge in [-0.2, -0.15) is 0 Å². The molecule has 3 aliphatic rings. The molecule has 192 valence electrons. The van der Waals surface area contributed by atoms with Gasteiger partial charge in [-0.25, -0.2) is 9.59 Å². The summed E-state index contributed by atoms with van der Waals surface area (Å²) in [6, 6.07) is -1.67. The van der Waals surface area contributed by atoms with E-state index in [1.165, 1.54) is 4.90 Å². The van der Waals surface area contributed by atoms with Crippen LogP contribution in [0.4, 0.5) is 9.59 Å². The third kappa shape index (κ3) is 6.13. The molecule has 10 nitrogen and oxygen atoms in total. The molecule has 34 heavy (non-hydrogen) atoms. The summed E-state index contributed by atoms with van der Waals surface area (Å²) in [4.78, 5) is 54.4. The Morgan fingerprint density at radius 2 is 1.47 bits per heavy atom. The maximum Gasteiger partial charge on any atom is 0.410 e. The Morgan fingerprint density at radius 1 is 0.912 bits per heavy atom. The third-order valence-electron chi connectivity index (χ3n) is 6.65. The van der Waals surface area contributed by atoms with Crippen molar-refractivity contribution in [2.45, 2.75) is 115 Å². The zero-order valence-corrected chi connectivity index (χ0v) is 21.3. The van der Waals surface area contributed by atoms with Crippen LogP contribution in [0.2, 0.25) is 0 Å². The van der Waals surface area contributed by atoms with E-state index in [-0.39, 0.29) is 30.0 Å². The first-order chi connectivity index (χ1) is 15.7. The number of piperidine rings is 1. The highest BCUT2D eigenvalue weighted by molar-refractivity contribution is 5.91. The molecule has 3 heterocycles. The largest absolute Gasteiger partial charge is 0.444 e. The molecule has 3 rings (SSSR count). The molecule has 2 bridgehead atoms. The number of rotatable bonds is 4. The van der Waals surface area contributed by atoms with Crippen molar-refractivity contribution in [3.05, 3.63) is 0 Å². The Balaban J connectivity index is 1.80. The van der Waals surface area contributed by atoms with Crippen LogP contribution in [0.3, 0.4) is 0 Å². The number of primary amides is 1. The number of hydrogen-bond acceptors (Lipinski definition) is 6. The van der Waals surface area contributed by atoms with Crippen LogP contribution in [0.5, 0.6) is 0 Å². The van der Waals surface area contributed by atoms with Gasteiger partial charge in [0.15, 0.2) is 0 Å². The minimum absolute atomic E-state index is 0.0696. The van der Waals surface area contributed by atoms with Crippen molar-refractivity contribution in [2.24, 2.45) is 11.7 Å². The Bertz CT molecular complexity index is 803. The van der Waals surface area contributed by atoms with E-state index in [1.54, 1.807) is 25.7 Å². The molecule has 0 radical (unpaired) electrons. The van der Waals surface area contributed by atoms with Crippen molar-refractivity contribution >= 4 is 24.0 Å². The van der Waals surface area contributed by atoms with E-state index in [9.17, 15) is 19.2 Å². The molecule has 2 unspecified atom stereocenters. The highest BCUT2D eigenvalue weighted by atomic mass is 16.6. The zero-order valence-electron chi connectivity index (χ0n) is 21.3. The fourth-order valence-electron chi connectivity index (χ4n) is 5.42. The summed E-state index contributed by atoms with van der Waals surface area (Å²) >= 11 is 0. The van der Waals surface area contributed by atoms with Crippen molar-refractivity contribution in [1.29, 1.82) is 0 Å². The Morgan fingerprint density at radius 3 is 1.97 bits per heavy atom. The zero-order chi connectivity index (χ0) is 25.4. The maximum absolute atomic E-state index is 13.6. The lowest BCUT2D eigenvalue weighted by Crippen LogP contribution is -2.59. The SMILES string of the molecule is CC(C)(C)OC(=O)N[C@H](C(=O)N1CCC[C@H]1C(N)=O)C1CC2CCC(C1)N2C(=O)OC(C)(C)C. The van der Waals surface area contributed by atoms with Gasteiger partial charge in [-0.3, -0.25) is 9.59 Å². The minimum Gasteiger partial charge on any atom is -0.444 e. The number of likely N-dealkylation sites (tertiary alicyclic amines) is 1. The van der Waals surface area contributed by atoms with E-state index in [0.29, 0.717) is 32.2 Å². The first kappa shape index (κ1) is 26.1. The minimum atomic E-state index is -0.862. The molecule has 4 amide bonds. The average molecular weight is 481 g/mol. The van der Waals surface area contributed by atoms with Gasteiger partial charge in [0.05, 0.1) is 0 Å². The third-order valence-corrected chi connectivity index (χ3v) is 6.65. The van der Waals surface area contributed by atoms with Crippen molar-refractivity contribution in [1.82, 2.24) is 15.1 Å². The van der Waals surface area contributed by atoms with Gasteiger partial charge in [0.25, 0.3) is 0 Å². The predicted octanol–water partition coefficient (Wildman–Crippen LogP) is 2.53. The molecule has 3 N–H and O–H groups in total. The first-order valence-corrected chi connectivity index (χ1v) is 12.3. The number of ether oxygens (including phenoxy) is 2. The lowest BCUT2D eigenvalue weighted by atomic mass is 9.84. The molecule has 3 aliphatic heterocycles. The van der Waals surface area contributed by atoms with Gasteiger partial charge in [-0.05, 0) is 86.0 Å². The van der Waals surface area contributed by atoms with Gasteiger partial charge >= 0.3 is 12.2 Å². The van der Waals surface area contributed by atoms with Gasteiger partial charge in [-0.15, -0.1) is 0 Å². The number of alkyl carbamates (subject to hydrolysis) is 1. The molecule has 0 aliphatic carbocycles. The molecule has 3 fully saturated rings. The molecule has 0 spiro atoms. The number of amides is 4. The van der Waals surface area contributed by atoms with Crippen LogP contribution >= 0.6 is 0 Å². The van der Waals surface area contributed by atoms with Crippen LogP contribution < -0.4 is 11.1 Å². The van der Waals surface area contributed by atoms with Gasteiger partial charge < -0.3 is 30.3 Å². The van der Waals surface area contributed by atoms with E-state index < -0.39 is 35.3 Å². The van der Waals surface area contributed by atoms with Crippen LogP contribution in [0.15, 0.2) is 0 Å². The van der Waals surface area contributed by atoms with Crippen LogP contribution in [0.25, 0.3) is 0 Å². The molecular weight excluding hydrogens is 440 g/mol. The molecule has 0 saturated carbocycles. The summed E-state index contributed by atoms with van der Waals surface area (Å²) in [6.45, 7) is 11.2. The fourth-order valence-corrected chi connectivity index (χ4v) is 5.42. The van der Waals surface area contributed by atoms with Gasteiger partial charge in [0.2, 0.25) is 11.8 Å². The number of nitrogens with zero attached hydrogens (tertiary/aromatic N) is 2. The molecule has 0 aromatic carbocycles. The van der Waals surface area contributed by atoms with E-state index in [1.807, 2.05) is 20.8 Å². The fraction of sp³-hybridized carbons (Fsp3) is 0.833. The first-order valence-electron chi connectivity index (χ1n) is 12.3. The maximum atomic E-state index is 13.6. The summed E-state index contributed by atoms with van der Waals surface area (Å²) in [5.41, 5.74) is 4.23. The summed E-state index contributed by atoms with van der Waals surface area (Å²) < 4.78 is 11.0. The van der Waals surface area contributed by atoms with Crippen LogP contribution in [-0.2, 0) is 19.1 Å². The second kappa shape index (κ2) is 9.62. The van der Waals surface area contributed by atoms with Crippen molar-refractivity contribution in [3.8, 4) is 0 Å². The lowest BCUT2D eigenvalue weighted by molar-refractivity contribution is -0.140. The number of carbonyl (C=O) groups is 4. The Kier molecular flexibility index (Phi) is 7.38. The second-order valence-electron chi connectivity index (χ2n) is 11.7. The normalized spacial score (nSPS) is 27.8. The summed E-state index contributed by atoms with van der Waals surface area (Å²) in [5, 5.41) is 2.79. The van der Waals surface area contributed by atoms with Crippen LogP contribution in [0.1, 0.15) is 80.1 Å².